The van der Waals surface area contributed by atoms with E-state index in [4.69, 9.17) is 9.84 Å². The molecule has 0 saturated carbocycles. The van der Waals surface area contributed by atoms with Gasteiger partial charge in [-0.1, -0.05) is 30.3 Å². The largest absolute Gasteiger partial charge is 0.480 e. The van der Waals surface area contributed by atoms with Gasteiger partial charge in [0.05, 0.1) is 0 Å². The van der Waals surface area contributed by atoms with Gasteiger partial charge < -0.3 is 19.9 Å². The summed E-state index contributed by atoms with van der Waals surface area (Å²) in [4.78, 5) is 22.5. The van der Waals surface area contributed by atoms with Crippen molar-refractivity contribution in [3.63, 3.8) is 0 Å². The zero-order chi connectivity index (χ0) is 17.3. The van der Waals surface area contributed by atoms with Crippen LogP contribution in [0, 0.1) is 0 Å². The number of amides is 1. The SMILES string of the molecule is O=C(NC(CCOCC(F)(F)F)C(=O)O)OCc1ccccc1. The molecule has 1 aromatic carbocycles. The molecule has 0 fully saturated rings. The Morgan fingerprint density at radius 1 is 1.22 bits per heavy atom. The molecule has 6 nitrogen and oxygen atoms in total. The van der Waals surface area contributed by atoms with Crippen molar-refractivity contribution in [2.75, 3.05) is 13.2 Å². The lowest BCUT2D eigenvalue weighted by atomic mass is 10.2. The first kappa shape index (κ1) is 18.8. The molecule has 9 heteroatoms. The molecule has 1 atom stereocenters. The Morgan fingerprint density at radius 2 is 1.87 bits per heavy atom. The van der Waals surface area contributed by atoms with Crippen molar-refractivity contribution < 1.29 is 37.3 Å². The molecular weight excluding hydrogens is 319 g/mol. The molecule has 0 spiro atoms. The zero-order valence-corrected chi connectivity index (χ0v) is 12.0. The molecule has 23 heavy (non-hydrogen) atoms. The number of aliphatic carboxylic acids is 1. The van der Waals surface area contributed by atoms with Crippen molar-refractivity contribution in [3.05, 3.63) is 35.9 Å². The number of hydrogen-bond donors (Lipinski definition) is 2. The first-order valence-corrected chi connectivity index (χ1v) is 6.62. The van der Waals surface area contributed by atoms with E-state index >= 15 is 0 Å². The average molecular weight is 335 g/mol. The lowest BCUT2D eigenvalue weighted by Crippen LogP contribution is -2.41. The summed E-state index contributed by atoms with van der Waals surface area (Å²) < 4.78 is 44.8. The molecule has 2 N–H and O–H groups in total. The summed E-state index contributed by atoms with van der Waals surface area (Å²) in [7, 11) is 0. The predicted octanol–water partition coefficient (Wildman–Crippen LogP) is 2.33. The van der Waals surface area contributed by atoms with E-state index in [-0.39, 0.29) is 13.0 Å². The normalized spacial score (nSPS) is 12.5. The molecule has 1 unspecified atom stereocenters. The van der Waals surface area contributed by atoms with E-state index in [2.05, 4.69) is 10.1 Å². The van der Waals surface area contributed by atoms with E-state index in [9.17, 15) is 22.8 Å². The molecule has 0 aliphatic rings. The highest BCUT2D eigenvalue weighted by Gasteiger charge is 2.28. The van der Waals surface area contributed by atoms with Crippen molar-refractivity contribution in [2.24, 2.45) is 0 Å². The van der Waals surface area contributed by atoms with Gasteiger partial charge >= 0.3 is 18.2 Å². The Balaban J connectivity index is 2.34. The third-order valence-corrected chi connectivity index (χ3v) is 2.62. The highest BCUT2D eigenvalue weighted by atomic mass is 19.4. The quantitative estimate of drug-likeness (QED) is 0.712. The van der Waals surface area contributed by atoms with Crippen molar-refractivity contribution in [2.45, 2.75) is 25.2 Å². The fourth-order valence-electron chi connectivity index (χ4n) is 1.55. The average Bonchev–Trinajstić information content (AvgIpc) is 2.48. The monoisotopic (exact) mass is 335 g/mol. The fraction of sp³-hybridized carbons (Fsp3) is 0.429. The van der Waals surface area contributed by atoms with E-state index in [1.54, 1.807) is 30.3 Å². The van der Waals surface area contributed by atoms with Crippen LogP contribution in [0.1, 0.15) is 12.0 Å². The second-order valence-corrected chi connectivity index (χ2v) is 4.55. The van der Waals surface area contributed by atoms with Crippen molar-refractivity contribution in [1.82, 2.24) is 5.32 Å². The minimum absolute atomic E-state index is 0.0520. The maximum absolute atomic E-state index is 11.9. The molecule has 1 aromatic rings. The summed E-state index contributed by atoms with van der Waals surface area (Å²) in [5, 5.41) is 11.0. The van der Waals surface area contributed by atoms with Crippen LogP contribution in [0.5, 0.6) is 0 Å². The van der Waals surface area contributed by atoms with Crippen LogP contribution in [0.25, 0.3) is 0 Å². The van der Waals surface area contributed by atoms with Crippen LogP contribution in [-0.2, 0) is 20.9 Å². The molecule has 1 rings (SSSR count). The maximum atomic E-state index is 11.9. The first-order valence-electron chi connectivity index (χ1n) is 6.62. The number of ether oxygens (including phenoxy) is 2. The number of carboxylic acids is 1. The van der Waals surface area contributed by atoms with E-state index in [1.165, 1.54) is 0 Å². The highest BCUT2D eigenvalue weighted by molar-refractivity contribution is 5.79. The number of benzene rings is 1. The van der Waals surface area contributed by atoms with E-state index < -0.39 is 37.5 Å². The molecule has 128 valence electrons. The fourth-order valence-corrected chi connectivity index (χ4v) is 1.55. The summed E-state index contributed by atoms with van der Waals surface area (Å²) in [6.07, 6.45) is -5.77. The number of alkyl carbamates (subject to hydrolysis) is 1. The van der Waals surface area contributed by atoms with Gasteiger partial charge in [0, 0.05) is 13.0 Å². The lowest BCUT2D eigenvalue weighted by Gasteiger charge is -2.15. The van der Waals surface area contributed by atoms with Gasteiger partial charge in [-0.25, -0.2) is 9.59 Å². The molecule has 0 aromatic heterocycles. The van der Waals surface area contributed by atoms with E-state index in [0.717, 1.165) is 0 Å². The number of hydrogen-bond acceptors (Lipinski definition) is 4. The van der Waals surface area contributed by atoms with Gasteiger partial charge in [-0.3, -0.25) is 0 Å². The molecule has 0 saturated heterocycles. The molecule has 0 heterocycles. The topological polar surface area (TPSA) is 84.9 Å². The van der Waals surface area contributed by atoms with Crippen molar-refractivity contribution >= 4 is 12.1 Å². The zero-order valence-electron chi connectivity index (χ0n) is 12.0. The Labute approximate surface area is 130 Å². The number of carbonyl (C=O) groups is 2. The van der Waals surface area contributed by atoms with Crippen LogP contribution in [-0.4, -0.2) is 42.6 Å². The summed E-state index contributed by atoms with van der Waals surface area (Å²) in [5.41, 5.74) is 0.711. The van der Waals surface area contributed by atoms with Crippen molar-refractivity contribution in [3.8, 4) is 0 Å². The van der Waals surface area contributed by atoms with Gasteiger partial charge in [0.1, 0.15) is 19.3 Å². The third-order valence-electron chi connectivity index (χ3n) is 2.62. The van der Waals surface area contributed by atoms with Gasteiger partial charge in [-0.2, -0.15) is 13.2 Å². The second kappa shape index (κ2) is 8.99. The Kier molecular flexibility index (Phi) is 7.33. The predicted molar refractivity (Wildman–Crippen MR) is 72.7 cm³/mol. The second-order valence-electron chi connectivity index (χ2n) is 4.55. The van der Waals surface area contributed by atoms with Gasteiger partial charge in [0.2, 0.25) is 0 Å². The Hall–Kier alpha value is -2.29. The van der Waals surface area contributed by atoms with Crippen LogP contribution in [0.2, 0.25) is 0 Å². The maximum Gasteiger partial charge on any atom is 0.411 e. The smallest absolute Gasteiger partial charge is 0.411 e. The number of carbonyl (C=O) groups excluding carboxylic acids is 1. The van der Waals surface area contributed by atoms with E-state index in [1.807, 2.05) is 0 Å². The van der Waals surface area contributed by atoms with Crippen LogP contribution in [0.4, 0.5) is 18.0 Å². The summed E-state index contributed by atoms with van der Waals surface area (Å²) >= 11 is 0. The summed E-state index contributed by atoms with van der Waals surface area (Å²) in [6.45, 7) is -1.99. The third kappa shape index (κ3) is 8.67. The molecule has 0 aliphatic heterocycles. The van der Waals surface area contributed by atoms with Crippen LogP contribution in [0.15, 0.2) is 30.3 Å². The molecule has 0 bridgehead atoms. The molecule has 0 radical (unpaired) electrons. The summed E-state index contributed by atoms with van der Waals surface area (Å²) in [6, 6.07) is 7.31. The minimum Gasteiger partial charge on any atom is -0.480 e. The Morgan fingerprint density at radius 3 is 2.43 bits per heavy atom. The van der Waals surface area contributed by atoms with E-state index in [0.29, 0.717) is 5.56 Å². The number of alkyl halides is 3. The molecular formula is C14H16F3NO5. The Bertz CT molecular complexity index is 507. The van der Waals surface area contributed by atoms with Crippen LogP contribution in [0.3, 0.4) is 0 Å². The number of carboxylic acid groups (broad SMARTS) is 1. The van der Waals surface area contributed by atoms with Crippen molar-refractivity contribution in [1.29, 1.82) is 0 Å². The van der Waals surface area contributed by atoms with Gasteiger partial charge in [0.25, 0.3) is 0 Å². The first-order chi connectivity index (χ1) is 10.8. The number of rotatable bonds is 8. The highest BCUT2D eigenvalue weighted by Crippen LogP contribution is 2.14. The van der Waals surface area contributed by atoms with Gasteiger partial charge in [-0.15, -0.1) is 0 Å². The molecule has 1 amide bonds. The standard InChI is InChI=1S/C14H16F3NO5/c15-14(16,17)9-22-7-6-11(12(19)20)18-13(21)23-8-10-4-2-1-3-5-10/h1-5,11H,6-9H2,(H,18,21)(H,19,20). The number of halogens is 3. The van der Waals surface area contributed by atoms with Crippen LogP contribution < -0.4 is 5.32 Å². The van der Waals surface area contributed by atoms with Gasteiger partial charge in [-0.05, 0) is 5.56 Å². The minimum atomic E-state index is -4.49. The number of nitrogens with one attached hydrogen (secondary N) is 1. The molecule has 0 aliphatic carbocycles. The van der Waals surface area contributed by atoms with Crippen LogP contribution >= 0.6 is 0 Å². The lowest BCUT2D eigenvalue weighted by molar-refractivity contribution is -0.174. The summed E-state index contributed by atoms with van der Waals surface area (Å²) in [5.74, 6) is -1.39. The van der Waals surface area contributed by atoms with Gasteiger partial charge in [0.15, 0.2) is 0 Å².